The molecule has 5 rings (SSSR count). The molecule has 0 spiro atoms. The molecule has 2 aromatic carbocycles. The molecule has 0 bridgehead atoms. The van der Waals surface area contributed by atoms with Crippen LogP contribution in [0.4, 0.5) is 4.39 Å². The van der Waals surface area contributed by atoms with Crippen molar-refractivity contribution in [3.63, 3.8) is 0 Å². The van der Waals surface area contributed by atoms with Crippen LogP contribution in [0.15, 0.2) is 48.5 Å². The maximum absolute atomic E-state index is 13.1. The van der Waals surface area contributed by atoms with E-state index in [0.29, 0.717) is 5.92 Å². The summed E-state index contributed by atoms with van der Waals surface area (Å²) in [6.45, 7) is 7.02. The molecule has 2 fully saturated rings. The first-order valence-corrected chi connectivity index (χ1v) is 9.53. The van der Waals surface area contributed by atoms with E-state index in [-0.39, 0.29) is 5.82 Å². The fourth-order valence-corrected chi connectivity index (χ4v) is 5.12. The molecule has 3 atom stereocenters. The number of fused-ring (bicyclic) bond motifs is 2. The van der Waals surface area contributed by atoms with E-state index in [1.807, 2.05) is 12.1 Å². The summed E-state index contributed by atoms with van der Waals surface area (Å²) >= 11 is 0. The highest BCUT2D eigenvalue weighted by molar-refractivity contribution is 5.30. The first kappa shape index (κ1) is 15.5. The van der Waals surface area contributed by atoms with E-state index in [1.165, 1.54) is 42.7 Å². The van der Waals surface area contributed by atoms with E-state index >= 15 is 0 Å². The molecular weight excluding hydrogens is 311 g/mol. The van der Waals surface area contributed by atoms with Gasteiger partial charge >= 0.3 is 0 Å². The predicted octanol–water partition coefficient (Wildman–Crippen LogP) is 3.88. The Morgan fingerprint density at radius 1 is 0.840 bits per heavy atom. The van der Waals surface area contributed by atoms with Gasteiger partial charge in [0.15, 0.2) is 0 Å². The summed E-state index contributed by atoms with van der Waals surface area (Å²) in [5.74, 6) is 2.15. The predicted molar refractivity (Wildman–Crippen MR) is 97.7 cm³/mol. The van der Waals surface area contributed by atoms with E-state index in [4.69, 9.17) is 0 Å². The number of likely N-dealkylation sites (tertiary alicyclic amines) is 1. The van der Waals surface area contributed by atoms with Crippen molar-refractivity contribution >= 4 is 0 Å². The quantitative estimate of drug-likeness (QED) is 0.836. The average molecular weight is 336 g/mol. The molecule has 0 radical (unpaired) electrons. The minimum Gasteiger partial charge on any atom is -0.301 e. The molecule has 1 saturated carbocycles. The van der Waals surface area contributed by atoms with Crippen molar-refractivity contribution in [3.8, 4) is 0 Å². The Labute approximate surface area is 149 Å². The summed E-state index contributed by atoms with van der Waals surface area (Å²) in [4.78, 5) is 5.23. The standard InChI is InChI=1S/C22H25FN2/c23-20-7-5-16(6-8-20)21-11-19-14-25(15-22(19)21)10-9-24-12-17-3-1-2-4-18(17)13-24/h1-8,19,21-22H,9-15H2. The zero-order chi connectivity index (χ0) is 16.8. The highest BCUT2D eigenvalue weighted by Crippen LogP contribution is 2.51. The molecule has 2 aliphatic heterocycles. The second-order valence-electron chi connectivity index (χ2n) is 8.06. The minimum absolute atomic E-state index is 0.126. The van der Waals surface area contributed by atoms with Gasteiger partial charge in [-0.25, -0.2) is 4.39 Å². The molecule has 3 heteroatoms. The van der Waals surface area contributed by atoms with Gasteiger partial charge < -0.3 is 4.90 Å². The lowest BCUT2D eigenvalue weighted by Crippen LogP contribution is -2.33. The van der Waals surface area contributed by atoms with Gasteiger partial charge in [-0.3, -0.25) is 4.90 Å². The van der Waals surface area contributed by atoms with Crippen LogP contribution in [-0.2, 0) is 13.1 Å². The van der Waals surface area contributed by atoms with Crippen LogP contribution in [0.5, 0.6) is 0 Å². The maximum Gasteiger partial charge on any atom is 0.123 e. The normalized spacial score (nSPS) is 28.6. The topological polar surface area (TPSA) is 6.48 Å². The third-order valence-corrected chi connectivity index (χ3v) is 6.58. The van der Waals surface area contributed by atoms with Crippen LogP contribution in [0.2, 0.25) is 0 Å². The van der Waals surface area contributed by atoms with Crippen molar-refractivity contribution < 1.29 is 4.39 Å². The monoisotopic (exact) mass is 336 g/mol. The number of hydrogen-bond donors (Lipinski definition) is 0. The summed E-state index contributed by atoms with van der Waals surface area (Å²) in [5, 5.41) is 0. The molecule has 1 saturated heterocycles. The lowest BCUT2D eigenvalue weighted by molar-refractivity contribution is 0.191. The van der Waals surface area contributed by atoms with Gasteiger partial charge in [0, 0.05) is 39.3 Å². The number of halogens is 1. The number of hydrogen-bond acceptors (Lipinski definition) is 2. The van der Waals surface area contributed by atoms with Gasteiger partial charge in [-0.15, -0.1) is 0 Å². The lowest BCUT2D eigenvalue weighted by atomic mass is 9.64. The minimum atomic E-state index is -0.126. The van der Waals surface area contributed by atoms with Gasteiger partial charge in [0.1, 0.15) is 5.82 Å². The summed E-state index contributed by atoms with van der Waals surface area (Å²) in [6, 6.07) is 16.0. The maximum atomic E-state index is 13.1. The fourth-order valence-electron chi connectivity index (χ4n) is 5.12. The Hall–Kier alpha value is -1.71. The molecule has 0 amide bonds. The number of benzene rings is 2. The fraction of sp³-hybridized carbons (Fsp3) is 0.455. The SMILES string of the molecule is Fc1ccc(C2CC3CN(CCN4Cc5ccccc5C4)CC32)cc1. The molecule has 2 heterocycles. The molecular formula is C22H25FN2. The third-order valence-electron chi connectivity index (χ3n) is 6.58. The zero-order valence-electron chi connectivity index (χ0n) is 14.6. The van der Waals surface area contributed by atoms with Gasteiger partial charge in [-0.05, 0) is 53.0 Å². The van der Waals surface area contributed by atoms with Gasteiger partial charge in [0.25, 0.3) is 0 Å². The molecule has 0 aromatic heterocycles. The van der Waals surface area contributed by atoms with Crippen molar-refractivity contribution in [1.82, 2.24) is 9.80 Å². The Bertz CT molecular complexity index is 732. The molecule has 25 heavy (non-hydrogen) atoms. The van der Waals surface area contributed by atoms with E-state index < -0.39 is 0 Å². The van der Waals surface area contributed by atoms with Gasteiger partial charge in [-0.2, -0.15) is 0 Å². The van der Waals surface area contributed by atoms with Crippen molar-refractivity contribution in [2.24, 2.45) is 11.8 Å². The summed E-state index contributed by atoms with van der Waals surface area (Å²) in [6.07, 6.45) is 1.28. The summed E-state index contributed by atoms with van der Waals surface area (Å²) < 4.78 is 13.1. The highest BCUT2D eigenvalue weighted by atomic mass is 19.1. The van der Waals surface area contributed by atoms with Gasteiger partial charge in [-0.1, -0.05) is 36.4 Å². The molecule has 3 unspecified atom stereocenters. The van der Waals surface area contributed by atoms with Crippen LogP contribution >= 0.6 is 0 Å². The van der Waals surface area contributed by atoms with Crippen LogP contribution in [0.3, 0.4) is 0 Å². The van der Waals surface area contributed by atoms with Crippen LogP contribution in [0, 0.1) is 17.7 Å². The first-order valence-electron chi connectivity index (χ1n) is 9.53. The molecule has 1 aliphatic carbocycles. The van der Waals surface area contributed by atoms with E-state index in [9.17, 15) is 4.39 Å². The second-order valence-corrected chi connectivity index (χ2v) is 8.06. The summed E-state index contributed by atoms with van der Waals surface area (Å²) in [7, 11) is 0. The largest absolute Gasteiger partial charge is 0.301 e. The van der Waals surface area contributed by atoms with Crippen LogP contribution in [0.25, 0.3) is 0 Å². The first-order chi connectivity index (χ1) is 12.3. The van der Waals surface area contributed by atoms with E-state index in [1.54, 1.807) is 12.1 Å². The molecule has 3 aliphatic rings. The Morgan fingerprint density at radius 2 is 1.52 bits per heavy atom. The van der Waals surface area contributed by atoms with Crippen molar-refractivity contribution in [3.05, 3.63) is 71.0 Å². The van der Waals surface area contributed by atoms with Crippen LogP contribution < -0.4 is 0 Å². The van der Waals surface area contributed by atoms with Crippen LogP contribution in [0.1, 0.15) is 29.0 Å². The molecule has 2 aromatic rings. The van der Waals surface area contributed by atoms with Gasteiger partial charge in [0.05, 0.1) is 0 Å². The Morgan fingerprint density at radius 3 is 2.24 bits per heavy atom. The third kappa shape index (κ3) is 2.90. The number of nitrogens with zero attached hydrogens (tertiary/aromatic N) is 2. The van der Waals surface area contributed by atoms with Crippen LogP contribution in [-0.4, -0.2) is 36.0 Å². The Kier molecular flexibility index (Phi) is 3.87. The van der Waals surface area contributed by atoms with Crippen molar-refractivity contribution in [2.45, 2.75) is 25.4 Å². The smallest absolute Gasteiger partial charge is 0.123 e. The number of rotatable bonds is 4. The van der Waals surface area contributed by atoms with E-state index in [2.05, 4.69) is 34.1 Å². The van der Waals surface area contributed by atoms with Crippen molar-refractivity contribution in [2.75, 3.05) is 26.2 Å². The lowest BCUT2D eigenvalue weighted by Gasteiger charge is -2.40. The zero-order valence-corrected chi connectivity index (χ0v) is 14.6. The second kappa shape index (κ2) is 6.22. The molecule has 0 N–H and O–H groups in total. The summed E-state index contributed by atoms with van der Waals surface area (Å²) in [5.41, 5.74) is 4.33. The average Bonchev–Trinajstić information content (AvgIpc) is 3.16. The molecule has 130 valence electrons. The van der Waals surface area contributed by atoms with Crippen molar-refractivity contribution in [1.29, 1.82) is 0 Å². The highest BCUT2D eigenvalue weighted by Gasteiger charge is 2.47. The van der Waals surface area contributed by atoms with E-state index in [0.717, 1.165) is 31.5 Å². The molecule has 2 nitrogen and oxygen atoms in total. The van der Waals surface area contributed by atoms with Gasteiger partial charge in [0.2, 0.25) is 0 Å². The Balaban J connectivity index is 1.14.